The molecule has 17 heavy (non-hydrogen) atoms. The maximum atomic E-state index is 6.39. The highest BCUT2D eigenvalue weighted by Gasteiger charge is 2.07. The van der Waals surface area contributed by atoms with Crippen LogP contribution in [0.1, 0.15) is 11.1 Å². The Kier molecular flexibility index (Phi) is 2.34. The second kappa shape index (κ2) is 3.75. The van der Waals surface area contributed by atoms with Crippen molar-refractivity contribution in [2.45, 2.75) is 13.8 Å². The van der Waals surface area contributed by atoms with Crippen molar-refractivity contribution in [2.24, 2.45) is 0 Å². The van der Waals surface area contributed by atoms with Gasteiger partial charge in [0.2, 0.25) is 0 Å². The highest BCUT2D eigenvalue weighted by Crippen LogP contribution is 2.34. The van der Waals surface area contributed by atoms with Crippen molar-refractivity contribution in [1.82, 2.24) is 0 Å². The van der Waals surface area contributed by atoms with Crippen LogP contribution in [0.2, 0.25) is 5.02 Å². The Morgan fingerprint density at radius 3 is 2.47 bits per heavy atom. The van der Waals surface area contributed by atoms with Crippen molar-refractivity contribution in [3.8, 4) is 0 Å². The topological polar surface area (TPSA) is 0 Å². The van der Waals surface area contributed by atoms with Crippen LogP contribution in [-0.4, -0.2) is 0 Å². The van der Waals surface area contributed by atoms with Crippen molar-refractivity contribution in [1.29, 1.82) is 0 Å². The highest BCUT2D eigenvalue weighted by atomic mass is 35.5. The predicted molar refractivity (Wildman–Crippen MR) is 75.9 cm³/mol. The van der Waals surface area contributed by atoms with Gasteiger partial charge in [0, 0.05) is 10.4 Å². The molecule has 0 N–H and O–H groups in total. The van der Waals surface area contributed by atoms with Gasteiger partial charge in [0.1, 0.15) is 0 Å². The van der Waals surface area contributed by atoms with Crippen LogP contribution >= 0.6 is 11.6 Å². The fourth-order valence-electron chi connectivity index (χ4n) is 2.57. The van der Waals surface area contributed by atoms with Gasteiger partial charge >= 0.3 is 0 Å². The lowest BCUT2D eigenvalue weighted by Gasteiger charge is -2.10. The average Bonchev–Trinajstić information content (AvgIpc) is 2.28. The molecule has 0 nitrogen and oxygen atoms in total. The minimum atomic E-state index is 0.844. The Hall–Kier alpha value is -1.53. The third-order valence-electron chi connectivity index (χ3n) is 3.25. The standard InChI is InChI=1S/C16H13Cl/c1-10-7-11(2)16-14(8-10)13-6-4-3-5-12(13)9-15(16)17/h3-9H,1-2H3. The van der Waals surface area contributed by atoms with Crippen molar-refractivity contribution < 1.29 is 0 Å². The SMILES string of the molecule is Cc1cc(C)c2c(Cl)cc3ccccc3c2c1. The smallest absolute Gasteiger partial charge is 0.0493 e. The Labute approximate surface area is 106 Å². The van der Waals surface area contributed by atoms with E-state index in [0.29, 0.717) is 0 Å². The third-order valence-corrected chi connectivity index (χ3v) is 3.55. The number of fused-ring (bicyclic) bond motifs is 3. The molecular weight excluding hydrogens is 228 g/mol. The van der Waals surface area contributed by atoms with E-state index in [-0.39, 0.29) is 0 Å². The molecule has 3 rings (SSSR count). The van der Waals surface area contributed by atoms with Gasteiger partial charge in [0.15, 0.2) is 0 Å². The lowest BCUT2D eigenvalue weighted by atomic mass is 9.97. The Morgan fingerprint density at radius 2 is 1.65 bits per heavy atom. The van der Waals surface area contributed by atoms with Crippen LogP contribution < -0.4 is 0 Å². The second-order valence-corrected chi connectivity index (χ2v) is 4.99. The summed E-state index contributed by atoms with van der Waals surface area (Å²) in [6.45, 7) is 4.25. The van der Waals surface area contributed by atoms with Gasteiger partial charge in [0.25, 0.3) is 0 Å². The van der Waals surface area contributed by atoms with Gasteiger partial charge in [-0.05, 0) is 41.6 Å². The second-order valence-electron chi connectivity index (χ2n) is 4.58. The molecule has 0 amide bonds. The molecule has 0 fully saturated rings. The summed E-state index contributed by atoms with van der Waals surface area (Å²) in [5.74, 6) is 0. The molecule has 0 saturated carbocycles. The van der Waals surface area contributed by atoms with Gasteiger partial charge < -0.3 is 0 Å². The van der Waals surface area contributed by atoms with Crippen LogP contribution in [0.25, 0.3) is 21.5 Å². The molecule has 0 spiro atoms. The summed E-state index contributed by atoms with van der Waals surface area (Å²) in [5.41, 5.74) is 2.53. The van der Waals surface area contributed by atoms with Gasteiger partial charge in [-0.15, -0.1) is 0 Å². The molecule has 0 unspecified atom stereocenters. The minimum absolute atomic E-state index is 0.844. The molecule has 0 heterocycles. The lowest BCUT2D eigenvalue weighted by Crippen LogP contribution is -1.85. The van der Waals surface area contributed by atoms with E-state index in [2.05, 4.69) is 50.2 Å². The number of halogens is 1. The third kappa shape index (κ3) is 1.60. The van der Waals surface area contributed by atoms with Crippen LogP contribution in [0.3, 0.4) is 0 Å². The predicted octanol–water partition coefficient (Wildman–Crippen LogP) is 5.26. The molecule has 0 aromatic heterocycles. The molecule has 3 aromatic rings. The van der Waals surface area contributed by atoms with Crippen LogP contribution in [0.15, 0.2) is 42.5 Å². The highest BCUT2D eigenvalue weighted by molar-refractivity contribution is 6.37. The van der Waals surface area contributed by atoms with E-state index in [4.69, 9.17) is 11.6 Å². The number of rotatable bonds is 0. The van der Waals surface area contributed by atoms with Crippen LogP contribution in [0.5, 0.6) is 0 Å². The zero-order valence-corrected chi connectivity index (χ0v) is 10.7. The van der Waals surface area contributed by atoms with E-state index < -0.39 is 0 Å². The molecule has 84 valence electrons. The largest absolute Gasteiger partial charge is 0.0836 e. The quantitative estimate of drug-likeness (QED) is 0.470. The Morgan fingerprint density at radius 1 is 0.882 bits per heavy atom. The first-order valence-corrected chi connectivity index (χ1v) is 6.13. The minimum Gasteiger partial charge on any atom is -0.0836 e. The molecule has 0 atom stereocenters. The van der Waals surface area contributed by atoms with E-state index in [1.807, 2.05) is 6.07 Å². The van der Waals surface area contributed by atoms with Crippen LogP contribution in [0.4, 0.5) is 0 Å². The maximum Gasteiger partial charge on any atom is 0.0493 e. The number of hydrogen-bond donors (Lipinski definition) is 0. The van der Waals surface area contributed by atoms with E-state index in [1.165, 1.54) is 32.7 Å². The first kappa shape index (κ1) is 10.6. The van der Waals surface area contributed by atoms with Crippen LogP contribution in [-0.2, 0) is 0 Å². The maximum absolute atomic E-state index is 6.39. The zero-order valence-electron chi connectivity index (χ0n) is 9.92. The Bertz CT molecular complexity index is 726. The van der Waals surface area contributed by atoms with E-state index in [1.54, 1.807) is 0 Å². The molecule has 0 bridgehead atoms. The average molecular weight is 241 g/mol. The molecule has 0 radical (unpaired) electrons. The normalized spacial score (nSPS) is 11.2. The van der Waals surface area contributed by atoms with E-state index in [9.17, 15) is 0 Å². The molecule has 0 aliphatic carbocycles. The van der Waals surface area contributed by atoms with Gasteiger partial charge in [-0.3, -0.25) is 0 Å². The number of hydrogen-bond acceptors (Lipinski definition) is 0. The van der Waals surface area contributed by atoms with Crippen LogP contribution in [0, 0.1) is 13.8 Å². The fraction of sp³-hybridized carbons (Fsp3) is 0.125. The first-order valence-electron chi connectivity index (χ1n) is 5.75. The molecule has 0 aliphatic heterocycles. The first-order chi connectivity index (χ1) is 8.16. The van der Waals surface area contributed by atoms with E-state index in [0.717, 1.165) is 5.02 Å². The summed E-state index contributed by atoms with van der Waals surface area (Å²) >= 11 is 6.39. The Balaban J connectivity index is 2.64. The molecule has 0 aliphatic rings. The lowest BCUT2D eigenvalue weighted by molar-refractivity contribution is 1.43. The van der Waals surface area contributed by atoms with Gasteiger partial charge in [-0.25, -0.2) is 0 Å². The number of aryl methyl sites for hydroxylation is 2. The van der Waals surface area contributed by atoms with Gasteiger partial charge in [-0.1, -0.05) is 53.6 Å². The molecule has 0 saturated heterocycles. The monoisotopic (exact) mass is 240 g/mol. The summed E-state index contributed by atoms with van der Waals surface area (Å²) in [4.78, 5) is 0. The summed E-state index contributed by atoms with van der Waals surface area (Å²) in [6.07, 6.45) is 0. The summed E-state index contributed by atoms with van der Waals surface area (Å²) in [7, 11) is 0. The molecular formula is C16H13Cl. The summed E-state index contributed by atoms with van der Waals surface area (Å²) in [5, 5.41) is 5.76. The van der Waals surface area contributed by atoms with E-state index >= 15 is 0 Å². The van der Waals surface area contributed by atoms with Crippen molar-refractivity contribution in [2.75, 3.05) is 0 Å². The fourth-order valence-corrected chi connectivity index (χ4v) is 2.94. The summed E-state index contributed by atoms with van der Waals surface area (Å²) in [6, 6.07) is 14.9. The van der Waals surface area contributed by atoms with Crippen molar-refractivity contribution >= 4 is 33.1 Å². The van der Waals surface area contributed by atoms with Crippen molar-refractivity contribution in [3.63, 3.8) is 0 Å². The zero-order chi connectivity index (χ0) is 12.0. The molecule has 3 aromatic carbocycles. The molecule has 1 heteroatoms. The van der Waals surface area contributed by atoms with Crippen molar-refractivity contribution in [3.05, 3.63) is 58.6 Å². The van der Waals surface area contributed by atoms with Gasteiger partial charge in [-0.2, -0.15) is 0 Å². The summed E-state index contributed by atoms with van der Waals surface area (Å²) < 4.78 is 0. The number of benzene rings is 3. The van der Waals surface area contributed by atoms with Gasteiger partial charge in [0.05, 0.1) is 0 Å².